The van der Waals surface area contributed by atoms with Crippen LogP contribution in [0.15, 0.2) is 109 Å². The first-order chi connectivity index (χ1) is 22.3. The van der Waals surface area contributed by atoms with Crippen molar-refractivity contribution in [2.75, 3.05) is 19.8 Å². The van der Waals surface area contributed by atoms with Crippen LogP contribution in [0.2, 0.25) is 0 Å². The van der Waals surface area contributed by atoms with Gasteiger partial charge in [0.1, 0.15) is 11.5 Å². The van der Waals surface area contributed by atoms with E-state index in [1.807, 2.05) is 124 Å². The molecule has 0 aliphatic rings. The standard InChI is InChI=1S/C17H29NO2.C10H15NO2.2C6H6.C2H6/c1-16(2,3)13-7-8-14(20)12(9-13)10-18-15(11-19)17(4,5)6;1-8-3-2-4-9(10(8)13)7-11-5-6-12;2*1-2-4-6-5-3-1;1-2/h7-9,15,18-20H,10-11H2,1-6H3;2-4,11-13H,5-7H2,1H3;2*1-6H;1-2H3. The fourth-order valence-electron chi connectivity index (χ4n) is 4.01. The molecule has 0 radical (unpaired) electrons. The van der Waals surface area contributed by atoms with Crippen LogP contribution in [0.4, 0.5) is 0 Å². The van der Waals surface area contributed by atoms with Crippen molar-refractivity contribution in [2.24, 2.45) is 5.41 Å². The van der Waals surface area contributed by atoms with E-state index in [1.54, 1.807) is 6.07 Å². The van der Waals surface area contributed by atoms with E-state index >= 15 is 0 Å². The van der Waals surface area contributed by atoms with Crippen LogP contribution >= 0.6 is 0 Å². The number of phenolic OH excluding ortho intramolecular Hbond substituents is 2. The number of phenols is 2. The molecule has 4 rings (SSSR count). The number of benzene rings is 4. The summed E-state index contributed by atoms with van der Waals surface area (Å²) in [5.41, 5.74) is 3.86. The SMILES string of the molecule is CC.CC(C)(C)c1ccc(O)c(CNC(CO)C(C)(C)C)c1.Cc1cccc(CNCCO)c1O.c1ccccc1.c1ccccc1. The number of nitrogens with one attached hydrogen (secondary N) is 2. The van der Waals surface area contributed by atoms with Crippen molar-refractivity contribution in [2.45, 2.75) is 86.9 Å². The van der Waals surface area contributed by atoms with Crippen LogP contribution in [0.1, 0.15) is 77.6 Å². The fourth-order valence-corrected chi connectivity index (χ4v) is 4.01. The van der Waals surface area contributed by atoms with E-state index in [4.69, 9.17) is 5.11 Å². The highest BCUT2D eigenvalue weighted by Crippen LogP contribution is 2.28. The summed E-state index contributed by atoms with van der Waals surface area (Å²) in [6, 6.07) is 35.4. The first-order valence-electron chi connectivity index (χ1n) is 16.6. The average Bonchev–Trinajstić information content (AvgIpc) is 3.06. The Hall–Kier alpha value is -3.68. The van der Waals surface area contributed by atoms with Crippen molar-refractivity contribution in [3.63, 3.8) is 0 Å². The lowest BCUT2D eigenvalue weighted by Crippen LogP contribution is -2.42. The number of aliphatic hydroxyl groups is 2. The van der Waals surface area contributed by atoms with Crippen LogP contribution in [0.25, 0.3) is 0 Å². The van der Waals surface area contributed by atoms with Crippen LogP contribution in [0.5, 0.6) is 11.5 Å². The van der Waals surface area contributed by atoms with Crippen molar-refractivity contribution >= 4 is 0 Å². The van der Waals surface area contributed by atoms with Gasteiger partial charge in [0.05, 0.1) is 13.2 Å². The maximum absolute atomic E-state index is 9.99. The molecule has 0 saturated heterocycles. The second-order valence-electron chi connectivity index (χ2n) is 12.9. The van der Waals surface area contributed by atoms with E-state index in [0.717, 1.165) is 16.7 Å². The maximum Gasteiger partial charge on any atom is 0.122 e. The van der Waals surface area contributed by atoms with Gasteiger partial charge < -0.3 is 31.1 Å². The van der Waals surface area contributed by atoms with Gasteiger partial charge in [-0.3, -0.25) is 0 Å². The summed E-state index contributed by atoms with van der Waals surface area (Å²) in [7, 11) is 0. The molecule has 260 valence electrons. The molecule has 0 saturated carbocycles. The van der Waals surface area contributed by atoms with Gasteiger partial charge in [-0.25, -0.2) is 0 Å². The molecule has 4 aromatic carbocycles. The smallest absolute Gasteiger partial charge is 0.122 e. The van der Waals surface area contributed by atoms with Crippen LogP contribution < -0.4 is 10.6 Å². The molecule has 0 aliphatic carbocycles. The molecule has 6 heteroatoms. The molecule has 0 aliphatic heterocycles. The quantitative estimate of drug-likeness (QED) is 0.108. The molecule has 4 aromatic rings. The molecule has 0 spiro atoms. The molecule has 1 atom stereocenters. The summed E-state index contributed by atoms with van der Waals surface area (Å²) in [5.74, 6) is 0.643. The largest absolute Gasteiger partial charge is 0.508 e. The summed E-state index contributed by atoms with van der Waals surface area (Å²) in [5, 5.41) is 43.9. The van der Waals surface area contributed by atoms with E-state index in [2.05, 4.69) is 52.2 Å². The molecular formula is C41H62N2O4. The minimum Gasteiger partial charge on any atom is -0.508 e. The van der Waals surface area contributed by atoms with Crippen LogP contribution in [0.3, 0.4) is 0 Å². The summed E-state index contributed by atoms with van der Waals surface area (Å²) in [6.07, 6.45) is 0. The third kappa shape index (κ3) is 19.6. The predicted molar refractivity (Wildman–Crippen MR) is 200 cm³/mol. The molecule has 0 amide bonds. The Balaban J connectivity index is 0.000000661. The number of aromatic hydroxyl groups is 2. The number of aryl methyl sites for hydroxylation is 1. The molecule has 0 fully saturated rings. The van der Waals surface area contributed by atoms with Gasteiger partial charge in [0.25, 0.3) is 0 Å². The van der Waals surface area contributed by atoms with Gasteiger partial charge in [0.15, 0.2) is 0 Å². The lowest BCUT2D eigenvalue weighted by atomic mass is 9.85. The van der Waals surface area contributed by atoms with Crippen molar-refractivity contribution in [3.05, 3.63) is 131 Å². The molecule has 0 bridgehead atoms. The lowest BCUT2D eigenvalue weighted by molar-refractivity contribution is 0.157. The summed E-state index contributed by atoms with van der Waals surface area (Å²) in [6.45, 7) is 20.5. The normalized spacial score (nSPS) is 11.1. The molecule has 0 heterocycles. The first kappa shape index (κ1) is 43.3. The Morgan fingerprint density at radius 2 is 1.13 bits per heavy atom. The maximum atomic E-state index is 9.99. The number of hydrogen-bond donors (Lipinski definition) is 6. The van der Waals surface area contributed by atoms with Gasteiger partial charge in [0, 0.05) is 36.8 Å². The highest BCUT2D eigenvalue weighted by molar-refractivity contribution is 5.39. The number of aliphatic hydroxyl groups excluding tert-OH is 2. The Morgan fingerprint density at radius 1 is 0.638 bits per heavy atom. The lowest BCUT2D eigenvalue weighted by Gasteiger charge is -2.30. The number of rotatable bonds is 8. The van der Waals surface area contributed by atoms with Gasteiger partial charge in [-0.1, -0.05) is 159 Å². The topological polar surface area (TPSA) is 105 Å². The molecule has 6 nitrogen and oxygen atoms in total. The molecule has 1 unspecified atom stereocenters. The van der Waals surface area contributed by atoms with Crippen molar-refractivity contribution < 1.29 is 20.4 Å². The first-order valence-corrected chi connectivity index (χ1v) is 16.6. The van der Waals surface area contributed by atoms with Crippen LogP contribution in [0, 0.1) is 12.3 Å². The van der Waals surface area contributed by atoms with Gasteiger partial charge in [-0.2, -0.15) is 0 Å². The van der Waals surface area contributed by atoms with Gasteiger partial charge in [-0.05, 0) is 34.9 Å². The highest BCUT2D eigenvalue weighted by Gasteiger charge is 2.24. The Morgan fingerprint density at radius 3 is 1.53 bits per heavy atom. The predicted octanol–water partition coefficient (Wildman–Crippen LogP) is 8.37. The van der Waals surface area contributed by atoms with Gasteiger partial charge >= 0.3 is 0 Å². The summed E-state index contributed by atoms with van der Waals surface area (Å²) < 4.78 is 0. The Labute approximate surface area is 285 Å². The van der Waals surface area contributed by atoms with E-state index in [1.165, 1.54) is 5.56 Å². The number of hydrogen-bond acceptors (Lipinski definition) is 6. The summed E-state index contributed by atoms with van der Waals surface area (Å²) in [4.78, 5) is 0. The zero-order chi connectivity index (χ0) is 35.7. The summed E-state index contributed by atoms with van der Waals surface area (Å²) >= 11 is 0. The monoisotopic (exact) mass is 646 g/mol. The Kier molecular flexibility index (Phi) is 22.6. The third-order valence-corrected chi connectivity index (χ3v) is 6.97. The number of para-hydroxylation sites is 1. The van der Waals surface area contributed by atoms with E-state index in [9.17, 15) is 15.3 Å². The third-order valence-electron chi connectivity index (χ3n) is 6.97. The van der Waals surface area contributed by atoms with E-state index in [0.29, 0.717) is 31.1 Å². The minimum atomic E-state index is -0.0218. The fraction of sp³-hybridized carbons (Fsp3) is 0.415. The highest BCUT2D eigenvalue weighted by atomic mass is 16.3. The van der Waals surface area contributed by atoms with E-state index < -0.39 is 0 Å². The van der Waals surface area contributed by atoms with E-state index in [-0.39, 0.29) is 30.1 Å². The second-order valence-corrected chi connectivity index (χ2v) is 12.9. The average molecular weight is 647 g/mol. The molecule has 47 heavy (non-hydrogen) atoms. The zero-order valence-corrected chi connectivity index (χ0v) is 30.3. The van der Waals surface area contributed by atoms with Crippen molar-refractivity contribution in [3.8, 4) is 11.5 Å². The van der Waals surface area contributed by atoms with Crippen molar-refractivity contribution in [1.82, 2.24) is 10.6 Å². The minimum absolute atomic E-state index is 0.000179. The molecule has 0 aromatic heterocycles. The second kappa shape index (κ2) is 24.5. The Bertz CT molecular complexity index is 1220. The van der Waals surface area contributed by atoms with Crippen LogP contribution in [-0.2, 0) is 18.5 Å². The molecule has 6 N–H and O–H groups in total. The van der Waals surface area contributed by atoms with Crippen molar-refractivity contribution in [1.29, 1.82) is 0 Å². The zero-order valence-electron chi connectivity index (χ0n) is 30.3. The molecular weight excluding hydrogens is 584 g/mol. The van der Waals surface area contributed by atoms with Gasteiger partial charge in [-0.15, -0.1) is 0 Å². The van der Waals surface area contributed by atoms with Crippen LogP contribution in [-0.4, -0.2) is 46.2 Å². The van der Waals surface area contributed by atoms with Gasteiger partial charge in [0.2, 0.25) is 0 Å².